The third-order valence-corrected chi connectivity index (χ3v) is 9.54. The summed E-state index contributed by atoms with van der Waals surface area (Å²) < 4.78 is 38.7. The van der Waals surface area contributed by atoms with Crippen molar-refractivity contribution in [3.05, 3.63) is 18.2 Å². The Labute approximate surface area is 184 Å². The molecule has 0 unspecified atom stereocenters. The maximum absolute atomic E-state index is 13.4. The van der Waals surface area contributed by atoms with Crippen LogP contribution in [0.3, 0.4) is 0 Å². The number of morpholine rings is 1. The topological polar surface area (TPSA) is 84.9 Å². The normalized spacial score (nSPS) is 32.7. The van der Waals surface area contributed by atoms with Crippen LogP contribution in [0.25, 0.3) is 0 Å². The van der Waals surface area contributed by atoms with Crippen LogP contribution < -0.4 is 10.1 Å². The Morgan fingerprint density at radius 1 is 1.10 bits per heavy atom. The van der Waals surface area contributed by atoms with Gasteiger partial charge in [-0.25, -0.2) is 8.42 Å². The molecule has 1 saturated heterocycles. The fraction of sp³-hybridized carbons (Fsp3) is 0.696. The number of hydrogen-bond donors (Lipinski definition) is 1. The van der Waals surface area contributed by atoms with Crippen LogP contribution >= 0.6 is 0 Å². The van der Waals surface area contributed by atoms with Gasteiger partial charge in [-0.3, -0.25) is 4.79 Å². The second-order valence-corrected chi connectivity index (χ2v) is 11.5. The second kappa shape index (κ2) is 8.37. The Morgan fingerprint density at radius 2 is 1.74 bits per heavy atom. The lowest BCUT2D eigenvalue weighted by Crippen LogP contribution is -2.49. The summed E-state index contributed by atoms with van der Waals surface area (Å²) in [6, 6.07) is 4.78. The summed E-state index contributed by atoms with van der Waals surface area (Å²) in [5, 5.41) is 3.07. The molecule has 1 aromatic carbocycles. The zero-order valence-electron chi connectivity index (χ0n) is 18.1. The predicted molar refractivity (Wildman–Crippen MR) is 116 cm³/mol. The molecule has 7 nitrogen and oxygen atoms in total. The molecule has 1 N–H and O–H groups in total. The van der Waals surface area contributed by atoms with E-state index in [2.05, 4.69) is 5.32 Å². The lowest BCUT2D eigenvalue weighted by Gasteiger charge is -2.53. The van der Waals surface area contributed by atoms with Crippen LogP contribution in [0.2, 0.25) is 0 Å². The van der Waals surface area contributed by atoms with Gasteiger partial charge in [-0.1, -0.05) is 0 Å². The van der Waals surface area contributed by atoms with Crippen molar-refractivity contribution in [3.63, 3.8) is 0 Å². The molecule has 0 radical (unpaired) electrons. The third-order valence-electron chi connectivity index (χ3n) is 7.65. The monoisotopic (exact) mass is 448 g/mol. The van der Waals surface area contributed by atoms with Crippen molar-refractivity contribution in [1.82, 2.24) is 4.31 Å². The van der Waals surface area contributed by atoms with Crippen molar-refractivity contribution in [3.8, 4) is 5.75 Å². The fourth-order valence-electron chi connectivity index (χ4n) is 6.55. The summed E-state index contributed by atoms with van der Waals surface area (Å²) in [6.45, 7) is 3.78. The Balaban J connectivity index is 1.39. The van der Waals surface area contributed by atoms with Crippen LogP contribution in [0.4, 0.5) is 5.69 Å². The van der Waals surface area contributed by atoms with E-state index >= 15 is 0 Å². The van der Waals surface area contributed by atoms with E-state index in [0.717, 1.165) is 37.5 Å². The van der Waals surface area contributed by atoms with Crippen molar-refractivity contribution in [2.75, 3.05) is 38.2 Å². The summed E-state index contributed by atoms with van der Waals surface area (Å²) in [5.74, 6) is 3.09. The lowest BCUT2D eigenvalue weighted by atomic mass is 9.51. The maximum Gasteiger partial charge on any atom is 0.243 e. The van der Waals surface area contributed by atoms with Gasteiger partial charge in [-0.2, -0.15) is 4.31 Å². The van der Waals surface area contributed by atoms with E-state index in [0.29, 0.717) is 56.2 Å². The minimum absolute atomic E-state index is 0.0238. The van der Waals surface area contributed by atoms with E-state index in [4.69, 9.17) is 9.47 Å². The van der Waals surface area contributed by atoms with Gasteiger partial charge in [-0.05, 0) is 80.9 Å². The maximum atomic E-state index is 13.4. The summed E-state index contributed by atoms with van der Waals surface area (Å²) in [7, 11) is -3.65. The van der Waals surface area contributed by atoms with Crippen molar-refractivity contribution in [1.29, 1.82) is 0 Å². The first-order chi connectivity index (χ1) is 15.0. The number of sulfonamides is 1. The molecular formula is C23H32N2O5S. The Bertz CT molecular complexity index is 913. The number of nitrogens with zero attached hydrogens (tertiary/aromatic N) is 1. The molecule has 5 aliphatic rings. The molecule has 4 bridgehead atoms. The first-order valence-electron chi connectivity index (χ1n) is 11.6. The molecule has 1 amide bonds. The number of hydrogen-bond acceptors (Lipinski definition) is 5. The molecule has 0 aromatic heterocycles. The smallest absolute Gasteiger partial charge is 0.243 e. The largest absolute Gasteiger partial charge is 0.492 e. The molecule has 6 rings (SSSR count). The highest BCUT2D eigenvalue weighted by molar-refractivity contribution is 7.89. The van der Waals surface area contributed by atoms with Gasteiger partial charge in [0, 0.05) is 19.0 Å². The van der Waals surface area contributed by atoms with Crippen LogP contribution in [0.1, 0.15) is 39.0 Å². The Morgan fingerprint density at radius 3 is 2.35 bits per heavy atom. The average molecular weight is 449 g/mol. The molecule has 1 heterocycles. The van der Waals surface area contributed by atoms with Crippen molar-refractivity contribution in [2.24, 2.45) is 29.6 Å². The molecular weight excluding hydrogens is 416 g/mol. The second-order valence-electron chi connectivity index (χ2n) is 9.55. The molecule has 1 aromatic rings. The van der Waals surface area contributed by atoms with E-state index < -0.39 is 10.0 Å². The lowest BCUT2D eigenvalue weighted by molar-refractivity contribution is -0.132. The van der Waals surface area contributed by atoms with Crippen LogP contribution in [-0.2, 0) is 19.6 Å². The quantitative estimate of drug-likeness (QED) is 0.723. The van der Waals surface area contributed by atoms with E-state index in [1.165, 1.54) is 10.7 Å². The third kappa shape index (κ3) is 3.98. The highest BCUT2D eigenvalue weighted by atomic mass is 32.2. The molecule has 170 valence electrons. The zero-order chi connectivity index (χ0) is 21.6. The number of amides is 1. The van der Waals surface area contributed by atoms with E-state index in [1.54, 1.807) is 18.2 Å². The van der Waals surface area contributed by atoms with Crippen molar-refractivity contribution >= 4 is 21.6 Å². The van der Waals surface area contributed by atoms with E-state index in [9.17, 15) is 13.2 Å². The predicted octanol–water partition coefficient (Wildman–Crippen LogP) is 3.12. The first-order valence-corrected chi connectivity index (χ1v) is 13.0. The first kappa shape index (κ1) is 21.2. The highest BCUT2D eigenvalue weighted by Gasteiger charge is 2.50. The molecule has 4 aliphatic carbocycles. The van der Waals surface area contributed by atoms with Crippen LogP contribution in [0, 0.1) is 29.6 Å². The van der Waals surface area contributed by atoms with Gasteiger partial charge >= 0.3 is 0 Å². The summed E-state index contributed by atoms with van der Waals surface area (Å²) in [4.78, 5) is 13.6. The Hall–Kier alpha value is -1.64. The van der Waals surface area contributed by atoms with Crippen LogP contribution in [-0.4, -0.2) is 51.5 Å². The minimum Gasteiger partial charge on any atom is -0.492 e. The highest BCUT2D eigenvalue weighted by Crippen LogP contribution is 2.56. The van der Waals surface area contributed by atoms with Crippen LogP contribution in [0.15, 0.2) is 23.1 Å². The zero-order valence-corrected chi connectivity index (χ0v) is 18.9. The van der Waals surface area contributed by atoms with Gasteiger partial charge in [0.25, 0.3) is 0 Å². The van der Waals surface area contributed by atoms with Crippen molar-refractivity contribution in [2.45, 2.75) is 43.9 Å². The number of nitrogens with one attached hydrogen (secondary N) is 1. The fourth-order valence-corrected chi connectivity index (χ4v) is 7.99. The Kier molecular flexibility index (Phi) is 5.73. The van der Waals surface area contributed by atoms with E-state index in [-0.39, 0.29) is 16.7 Å². The average Bonchev–Trinajstić information content (AvgIpc) is 2.75. The number of benzene rings is 1. The molecule has 8 heteroatoms. The van der Waals surface area contributed by atoms with Gasteiger partial charge in [0.15, 0.2) is 0 Å². The number of carbonyl (C=O) groups excluding carboxylic acids is 1. The van der Waals surface area contributed by atoms with Gasteiger partial charge < -0.3 is 14.8 Å². The van der Waals surface area contributed by atoms with Crippen molar-refractivity contribution < 1.29 is 22.7 Å². The summed E-state index contributed by atoms with van der Waals surface area (Å²) in [6.07, 6.45) is 5.99. The SMILES string of the molecule is CCOc1ccc(S(=O)(=O)N2CCOCC2)cc1NC(=O)C1C2CC3CC(C2)CC1C3. The molecule has 5 fully saturated rings. The molecule has 0 atom stereocenters. The van der Waals surface area contributed by atoms with Gasteiger partial charge in [0.1, 0.15) is 5.75 Å². The molecule has 31 heavy (non-hydrogen) atoms. The standard InChI is InChI=1S/C23H32N2O5S/c1-2-30-21-4-3-19(31(27,28)25-5-7-29-8-6-25)14-20(21)24-23(26)22-17-10-15-9-16(12-17)13-18(22)11-15/h3-4,14-18,22H,2,5-13H2,1H3,(H,24,26). The summed E-state index contributed by atoms with van der Waals surface area (Å²) in [5.41, 5.74) is 0.454. The summed E-state index contributed by atoms with van der Waals surface area (Å²) >= 11 is 0. The number of anilines is 1. The molecule has 1 aliphatic heterocycles. The number of rotatable bonds is 6. The van der Waals surface area contributed by atoms with E-state index in [1.807, 2.05) is 6.92 Å². The van der Waals surface area contributed by atoms with Gasteiger partial charge in [0.2, 0.25) is 15.9 Å². The number of carbonyl (C=O) groups is 1. The minimum atomic E-state index is -3.65. The van der Waals surface area contributed by atoms with Gasteiger partial charge in [0.05, 0.1) is 30.4 Å². The van der Waals surface area contributed by atoms with Crippen LogP contribution in [0.5, 0.6) is 5.75 Å². The number of ether oxygens (including phenoxy) is 2. The molecule has 0 spiro atoms. The molecule has 4 saturated carbocycles. The van der Waals surface area contributed by atoms with Gasteiger partial charge in [-0.15, -0.1) is 0 Å².